The third-order valence-corrected chi connectivity index (χ3v) is 3.90. The lowest BCUT2D eigenvalue weighted by molar-refractivity contribution is -0.123. The van der Waals surface area contributed by atoms with Crippen LogP contribution in [0.4, 0.5) is 0 Å². The second-order valence-electron chi connectivity index (χ2n) is 5.58. The fourth-order valence-corrected chi connectivity index (χ4v) is 2.65. The highest BCUT2D eigenvalue weighted by Crippen LogP contribution is 2.48. The van der Waals surface area contributed by atoms with Crippen molar-refractivity contribution in [3.63, 3.8) is 0 Å². The monoisotopic (exact) mass is 261 g/mol. The molecule has 2 rings (SSSR count). The van der Waals surface area contributed by atoms with Crippen LogP contribution in [0, 0.1) is 12.8 Å². The average molecular weight is 261 g/mol. The summed E-state index contributed by atoms with van der Waals surface area (Å²) in [6.07, 6.45) is 2.54. The molecule has 1 amide bonds. The number of benzene rings is 1. The first-order chi connectivity index (χ1) is 9.13. The number of nitrogens with one attached hydrogen (secondary N) is 1. The van der Waals surface area contributed by atoms with E-state index in [-0.39, 0.29) is 24.5 Å². The summed E-state index contributed by atoms with van der Waals surface area (Å²) in [5.74, 6) is 0.697. The van der Waals surface area contributed by atoms with E-state index >= 15 is 0 Å². The summed E-state index contributed by atoms with van der Waals surface area (Å²) in [6.45, 7) is 4.29. The zero-order valence-corrected chi connectivity index (χ0v) is 11.7. The Hall–Kier alpha value is -1.35. The first-order valence-electron chi connectivity index (χ1n) is 7.10. The van der Waals surface area contributed by atoms with Crippen molar-refractivity contribution in [2.24, 2.45) is 5.92 Å². The number of rotatable bonds is 6. The number of aliphatic hydroxyl groups is 1. The van der Waals surface area contributed by atoms with Gasteiger partial charge in [0.1, 0.15) is 0 Å². The minimum Gasteiger partial charge on any atom is -0.396 e. The maximum atomic E-state index is 12.1. The third-order valence-electron chi connectivity index (χ3n) is 3.90. The highest BCUT2D eigenvalue weighted by atomic mass is 16.3. The fourth-order valence-electron chi connectivity index (χ4n) is 2.65. The van der Waals surface area contributed by atoms with Crippen LogP contribution in [0.25, 0.3) is 0 Å². The lowest BCUT2D eigenvalue weighted by Crippen LogP contribution is -2.34. The van der Waals surface area contributed by atoms with Gasteiger partial charge in [-0.1, -0.05) is 24.3 Å². The van der Waals surface area contributed by atoms with Gasteiger partial charge in [-0.15, -0.1) is 0 Å². The molecule has 1 aliphatic carbocycles. The van der Waals surface area contributed by atoms with Crippen molar-refractivity contribution in [1.29, 1.82) is 0 Å². The topological polar surface area (TPSA) is 49.3 Å². The second kappa shape index (κ2) is 6.20. The highest BCUT2D eigenvalue weighted by Gasteiger charge is 2.44. The van der Waals surface area contributed by atoms with Gasteiger partial charge in [0, 0.05) is 18.6 Å². The molecule has 0 radical (unpaired) electrons. The van der Waals surface area contributed by atoms with Gasteiger partial charge in [-0.3, -0.25) is 4.79 Å². The number of hydrogen-bond acceptors (Lipinski definition) is 2. The predicted octanol–water partition coefficient (Wildman–Crippen LogP) is 2.38. The fraction of sp³-hybridized carbons (Fsp3) is 0.562. The van der Waals surface area contributed by atoms with Crippen LogP contribution < -0.4 is 5.32 Å². The third kappa shape index (κ3) is 3.57. The van der Waals surface area contributed by atoms with E-state index in [4.69, 9.17) is 5.11 Å². The number of hydrogen-bond donors (Lipinski definition) is 2. The van der Waals surface area contributed by atoms with E-state index in [9.17, 15) is 4.79 Å². The molecule has 0 unspecified atom stereocenters. The largest absolute Gasteiger partial charge is 0.396 e. The number of carbonyl (C=O) groups is 1. The summed E-state index contributed by atoms with van der Waals surface area (Å²) < 4.78 is 0. The van der Waals surface area contributed by atoms with Crippen molar-refractivity contribution in [3.05, 3.63) is 35.4 Å². The van der Waals surface area contributed by atoms with Gasteiger partial charge in [-0.05, 0) is 50.2 Å². The Morgan fingerprint density at radius 1 is 1.47 bits per heavy atom. The van der Waals surface area contributed by atoms with E-state index in [0.717, 1.165) is 19.3 Å². The molecule has 1 saturated carbocycles. The summed E-state index contributed by atoms with van der Waals surface area (Å²) in [5.41, 5.74) is 2.58. The maximum Gasteiger partial charge on any atom is 0.223 e. The molecule has 19 heavy (non-hydrogen) atoms. The van der Waals surface area contributed by atoms with Gasteiger partial charge in [0.25, 0.3) is 0 Å². The summed E-state index contributed by atoms with van der Waals surface area (Å²) in [7, 11) is 0. The van der Waals surface area contributed by atoms with Gasteiger partial charge in [-0.25, -0.2) is 0 Å². The molecule has 3 nitrogen and oxygen atoms in total. The Bertz CT molecular complexity index is 444. The van der Waals surface area contributed by atoms with Crippen LogP contribution in [0.5, 0.6) is 0 Å². The Morgan fingerprint density at radius 3 is 2.89 bits per heavy atom. The van der Waals surface area contributed by atoms with E-state index in [1.165, 1.54) is 11.1 Å². The first kappa shape index (κ1) is 14.1. The van der Waals surface area contributed by atoms with Crippen LogP contribution in [0.3, 0.4) is 0 Å². The average Bonchev–Trinajstić information content (AvgIpc) is 3.17. The normalized spacial score (nSPS) is 22.9. The SMILES string of the molecule is Cc1ccccc1[C@@H]1C[C@@H]1C(=O)N[C@H](C)CCCO. The van der Waals surface area contributed by atoms with Crippen molar-refractivity contribution >= 4 is 5.91 Å². The molecule has 1 aromatic carbocycles. The van der Waals surface area contributed by atoms with Crippen LogP contribution in [-0.2, 0) is 4.79 Å². The van der Waals surface area contributed by atoms with Gasteiger partial charge in [-0.2, -0.15) is 0 Å². The number of amides is 1. The van der Waals surface area contributed by atoms with Crippen molar-refractivity contribution in [2.75, 3.05) is 6.61 Å². The summed E-state index contributed by atoms with van der Waals surface area (Å²) in [6, 6.07) is 8.46. The standard InChI is InChI=1S/C16H23NO2/c1-11-6-3-4-8-13(11)14-10-15(14)16(19)17-12(2)7-5-9-18/h3-4,6,8,12,14-15,18H,5,7,9-10H2,1-2H3,(H,17,19)/t12-,14+,15+/m1/s1. The van der Waals surface area contributed by atoms with Crippen LogP contribution in [0.1, 0.15) is 43.2 Å². The molecule has 1 aromatic rings. The van der Waals surface area contributed by atoms with Crippen LogP contribution in [0.15, 0.2) is 24.3 Å². The molecule has 0 heterocycles. The molecule has 0 bridgehead atoms. The number of carbonyl (C=O) groups excluding carboxylic acids is 1. The minimum atomic E-state index is 0.137. The maximum absolute atomic E-state index is 12.1. The summed E-state index contributed by atoms with van der Waals surface area (Å²) >= 11 is 0. The highest BCUT2D eigenvalue weighted by molar-refractivity contribution is 5.83. The van der Waals surface area contributed by atoms with Gasteiger partial charge in [0.2, 0.25) is 5.91 Å². The van der Waals surface area contributed by atoms with Gasteiger partial charge in [0.15, 0.2) is 0 Å². The van der Waals surface area contributed by atoms with Crippen LogP contribution >= 0.6 is 0 Å². The molecular formula is C16H23NO2. The van der Waals surface area contributed by atoms with E-state index < -0.39 is 0 Å². The smallest absolute Gasteiger partial charge is 0.223 e. The molecule has 0 aliphatic heterocycles. The Balaban J connectivity index is 1.85. The van der Waals surface area contributed by atoms with Gasteiger partial charge in [0.05, 0.1) is 0 Å². The molecule has 0 aromatic heterocycles. The van der Waals surface area contributed by atoms with Crippen LogP contribution in [-0.4, -0.2) is 23.7 Å². The second-order valence-corrected chi connectivity index (χ2v) is 5.58. The summed E-state index contributed by atoms with van der Waals surface area (Å²) in [5, 5.41) is 11.8. The first-order valence-corrected chi connectivity index (χ1v) is 7.10. The van der Waals surface area contributed by atoms with Gasteiger partial charge < -0.3 is 10.4 Å². The number of aliphatic hydroxyl groups excluding tert-OH is 1. The Kier molecular flexibility index (Phi) is 4.59. The molecule has 3 heteroatoms. The zero-order chi connectivity index (χ0) is 13.8. The van der Waals surface area contributed by atoms with E-state index in [1.807, 2.05) is 19.1 Å². The predicted molar refractivity (Wildman–Crippen MR) is 76.0 cm³/mol. The molecule has 0 saturated heterocycles. The lowest BCUT2D eigenvalue weighted by Gasteiger charge is -2.13. The molecule has 2 N–H and O–H groups in total. The summed E-state index contributed by atoms with van der Waals surface area (Å²) in [4.78, 5) is 12.1. The Morgan fingerprint density at radius 2 is 2.21 bits per heavy atom. The molecule has 104 valence electrons. The van der Waals surface area contributed by atoms with E-state index in [1.54, 1.807) is 0 Å². The molecule has 0 spiro atoms. The van der Waals surface area contributed by atoms with Crippen LogP contribution in [0.2, 0.25) is 0 Å². The van der Waals surface area contributed by atoms with Crippen molar-refractivity contribution in [3.8, 4) is 0 Å². The number of aryl methyl sites for hydroxylation is 1. The Labute approximate surface area is 115 Å². The molecular weight excluding hydrogens is 238 g/mol. The molecule has 1 fully saturated rings. The minimum absolute atomic E-state index is 0.137. The molecule has 1 aliphatic rings. The van der Waals surface area contributed by atoms with Crippen molar-refractivity contribution in [1.82, 2.24) is 5.32 Å². The quantitative estimate of drug-likeness (QED) is 0.826. The lowest BCUT2D eigenvalue weighted by atomic mass is 10.0. The van der Waals surface area contributed by atoms with Crippen molar-refractivity contribution in [2.45, 2.75) is 45.1 Å². The van der Waals surface area contributed by atoms with Gasteiger partial charge >= 0.3 is 0 Å². The molecule has 3 atom stereocenters. The van der Waals surface area contributed by atoms with E-state index in [2.05, 4.69) is 24.4 Å². The van der Waals surface area contributed by atoms with E-state index in [0.29, 0.717) is 5.92 Å². The zero-order valence-electron chi connectivity index (χ0n) is 11.7. The van der Waals surface area contributed by atoms with Crippen molar-refractivity contribution < 1.29 is 9.90 Å².